The molecule has 0 aliphatic heterocycles. The first-order valence-electron chi connectivity index (χ1n) is 8.61. The second kappa shape index (κ2) is 8.90. The van der Waals surface area contributed by atoms with Gasteiger partial charge in [0.05, 0.1) is 21.3 Å². The van der Waals surface area contributed by atoms with E-state index in [2.05, 4.69) is 15.5 Å². The second-order valence-corrected chi connectivity index (χ2v) is 5.81. The molecule has 146 valence electrons. The Morgan fingerprint density at radius 2 is 1.71 bits per heavy atom. The number of methoxy groups -OCH3 is 3. The van der Waals surface area contributed by atoms with E-state index in [1.165, 1.54) is 7.11 Å². The van der Waals surface area contributed by atoms with Crippen molar-refractivity contribution < 1.29 is 23.4 Å². The molecule has 1 aromatic heterocycles. The van der Waals surface area contributed by atoms with Gasteiger partial charge in [-0.25, -0.2) is 0 Å². The molecule has 0 saturated carbocycles. The average molecular weight is 383 g/mol. The van der Waals surface area contributed by atoms with Gasteiger partial charge in [0, 0.05) is 24.1 Å². The number of nitrogens with zero attached hydrogens (tertiary/aromatic N) is 2. The van der Waals surface area contributed by atoms with Crippen molar-refractivity contribution in [1.82, 2.24) is 15.5 Å². The summed E-state index contributed by atoms with van der Waals surface area (Å²) in [4.78, 5) is 12.3. The molecule has 0 radical (unpaired) electrons. The Hall–Kier alpha value is -3.55. The minimum absolute atomic E-state index is 0.226. The molecule has 0 unspecified atom stereocenters. The highest BCUT2D eigenvalue weighted by molar-refractivity contribution is 5.94. The zero-order valence-corrected chi connectivity index (χ0v) is 15.9. The van der Waals surface area contributed by atoms with E-state index in [0.29, 0.717) is 41.8 Å². The Bertz CT molecular complexity index is 937. The van der Waals surface area contributed by atoms with Gasteiger partial charge in [-0.2, -0.15) is 0 Å². The van der Waals surface area contributed by atoms with Crippen LogP contribution in [0.25, 0.3) is 11.5 Å². The number of hydrogen-bond donors (Lipinski definition) is 1. The van der Waals surface area contributed by atoms with Crippen LogP contribution in [0.1, 0.15) is 16.2 Å². The topological polar surface area (TPSA) is 95.7 Å². The Morgan fingerprint density at radius 1 is 0.964 bits per heavy atom. The third-order valence-electron chi connectivity index (χ3n) is 4.07. The van der Waals surface area contributed by atoms with Crippen LogP contribution in [-0.4, -0.2) is 44.0 Å². The minimum atomic E-state index is -0.226. The molecule has 3 rings (SSSR count). The van der Waals surface area contributed by atoms with Gasteiger partial charge in [0.15, 0.2) is 11.5 Å². The fourth-order valence-electron chi connectivity index (χ4n) is 2.57. The maximum Gasteiger partial charge on any atom is 0.251 e. The lowest BCUT2D eigenvalue weighted by Gasteiger charge is -2.09. The van der Waals surface area contributed by atoms with E-state index in [4.69, 9.17) is 18.6 Å². The van der Waals surface area contributed by atoms with Crippen molar-refractivity contribution in [2.75, 3.05) is 27.9 Å². The van der Waals surface area contributed by atoms with Gasteiger partial charge in [-0.3, -0.25) is 4.79 Å². The molecule has 0 spiro atoms. The first-order chi connectivity index (χ1) is 13.6. The third kappa shape index (κ3) is 4.40. The van der Waals surface area contributed by atoms with E-state index in [1.807, 2.05) is 24.3 Å². The summed E-state index contributed by atoms with van der Waals surface area (Å²) in [7, 11) is 4.67. The number of rotatable bonds is 8. The maximum atomic E-state index is 12.3. The van der Waals surface area contributed by atoms with E-state index < -0.39 is 0 Å². The molecule has 0 aliphatic carbocycles. The molecule has 0 atom stereocenters. The Balaban J connectivity index is 1.56. The zero-order chi connectivity index (χ0) is 19.9. The lowest BCUT2D eigenvalue weighted by molar-refractivity contribution is 0.0953. The van der Waals surface area contributed by atoms with Crippen molar-refractivity contribution in [1.29, 1.82) is 0 Å². The molecule has 1 heterocycles. The van der Waals surface area contributed by atoms with Gasteiger partial charge in [0.1, 0.15) is 5.75 Å². The highest BCUT2D eigenvalue weighted by atomic mass is 16.5. The van der Waals surface area contributed by atoms with Gasteiger partial charge in [-0.05, 0) is 42.5 Å². The number of hydrogen-bond acceptors (Lipinski definition) is 7. The van der Waals surface area contributed by atoms with Crippen LogP contribution in [0.4, 0.5) is 0 Å². The summed E-state index contributed by atoms with van der Waals surface area (Å²) < 4.78 is 21.2. The Labute approximate surface area is 162 Å². The van der Waals surface area contributed by atoms with Gasteiger partial charge in [-0.1, -0.05) is 0 Å². The number of ether oxygens (including phenoxy) is 3. The molecular formula is C20H21N3O5. The van der Waals surface area contributed by atoms with Gasteiger partial charge in [0.2, 0.25) is 11.8 Å². The molecule has 0 fully saturated rings. The quantitative estimate of drug-likeness (QED) is 0.639. The molecule has 1 amide bonds. The summed E-state index contributed by atoms with van der Waals surface area (Å²) in [5.41, 5.74) is 1.27. The lowest BCUT2D eigenvalue weighted by atomic mass is 10.2. The number of nitrogens with one attached hydrogen (secondary N) is 1. The van der Waals surface area contributed by atoms with Crippen LogP contribution in [-0.2, 0) is 6.42 Å². The van der Waals surface area contributed by atoms with Crippen LogP contribution in [0.3, 0.4) is 0 Å². The van der Waals surface area contributed by atoms with Gasteiger partial charge < -0.3 is 23.9 Å². The van der Waals surface area contributed by atoms with Gasteiger partial charge >= 0.3 is 0 Å². The molecule has 2 aromatic carbocycles. The van der Waals surface area contributed by atoms with Crippen LogP contribution in [0.5, 0.6) is 17.2 Å². The summed E-state index contributed by atoms with van der Waals surface area (Å²) >= 11 is 0. The molecule has 28 heavy (non-hydrogen) atoms. The third-order valence-corrected chi connectivity index (χ3v) is 4.07. The van der Waals surface area contributed by atoms with E-state index in [0.717, 1.165) is 11.3 Å². The van der Waals surface area contributed by atoms with Crippen molar-refractivity contribution >= 4 is 5.91 Å². The normalized spacial score (nSPS) is 10.4. The smallest absolute Gasteiger partial charge is 0.251 e. The average Bonchev–Trinajstić information content (AvgIpc) is 3.22. The van der Waals surface area contributed by atoms with Crippen LogP contribution < -0.4 is 19.5 Å². The second-order valence-electron chi connectivity index (χ2n) is 5.81. The van der Waals surface area contributed by atoms with Crippen LogP contribution >= 0.6 is 0 Å². The monoisotopic (exact) mass is 383 g/mol. The predicted octanol–water partition coefficient (Wildman–Crippen LogP) is 2.73. The molecular weight excluding hydrogens is 362 g/mol. The zero-order valence-electron chi connectivity index (χ0n) is 15.9. The molecule has 1 N–H and O–H groups in total. The minimum Gasteiger partial charge on any atom is -0.497 e. The molecule has 8 heteroatoms. The Morgan fingerprint density at radius 3 is 2.39 bits per heavy atom. The number of benzene rings is 2. The van der Waals surface area contributed by atoms with Crippen molar-refractivity contribution in [3.63, 3.8) is 0 Å². The standard InChI is InChI=1S/C20H21N3O5/c1-25-15-7-4-13(5-8-15)20-23-22-18(28-20)10-11-21-19(24)14-6-9-16(26-2)17(12-14)27-3/h4-9,12H,10-11H2,1-3H3,(H,21,24). The van der Waals surface area contributed by atoms with E-state index in [9.17, 15) is 4.79 Å². The van der Waals surface area contributed by atoms with E-state index in [1.54, 1.807) is 32.4 Å². The summed E-state index contributed by atoms with van der Waals surface area (Å²) in [5.74, 6) is 2.45. The predicted molar refractivity (Wildman–Crippen MR) is 102 cm³/mol. The number of carbonyl (C=O) groups is 1. The fraction of sp³-hybridized carbons (Fsp3) is 0.250. The number of aromatic nitrogens is 2. The summed E-state index contributed by atoms with van der Waals surface area (Å²) in [5, 5.41) is 10.9. The van der Waals surface area contributed by atoms with Crippen molar-refractivity contribution in [3.05, 3.63) is 53.9 Å². The Kier molecular flexibility index (Phi) is 6.11. The summed E-state index contributed by atoms with van der Waals surface area (Å²) in [6, 6.07) is 12.3. The lowest BCUT2D eigenvalue weighted by Crippen LogP contribution is -2.25. The first-order valence-corrected chi connectivity index (χ1v) is 8.61. The van der Waals surface area contributed by atoms with Crippen molar-refractivity contribution in [2.24, 2.45) is 0 Å². The highest BCUT2D eigenvalue weighted by Crippen LogP contribution is 2.27. The number of amides is 1. The fourth-order valence-corrected chi connectivity index (χ4v) is 2.57. The molecule has 0 aliphatic rings. The van der Waals surface area contributed by atoms with Crippen LogP contribution in [0, 0.1) is 0 Å². The molecule has 0 bridgehead atoms. The first kappa shape index (κ1) is 19.2. The van der Waals surface area contributed by atoms with Gasteiger partial charge in [0.25, 0.3) is 5.91 Å². The highest BCUT2D eigenvalue weighted by Gasteiger charge is 2.12. The molecule has 3 aromatic rings. The van der Waals surface area contributed by atoms with Crippen LogP contribution in [0.2, 0.25) is 0 Å². The molecule has 0 saturated heterocycles. The summed E-state index contributed by atoms with van der Waals surface area (Å²) in [6.07, 6.45) is 0.419. The number of carbonyl (C=O) groups excluding carboxylic acids is 1. The SMILES string of the molecule is COc1ccc(-c2nnc(CCNC(=O)c3ccc(OC)c(OC)c3)o2)cc1. The van der Waals surface area contributed by atoms with Gasteiger partial charge in [-0.15, -0.1) is 10.2 Å². The summed E-state index contributed by atoms with van der Waals surface area (Å²) in [6.45, 7) is 0.359. The largest absolute Gasteiger partial charge is 0.497 e. The van der Waals surface area contributed by atoms with Crippen molar-refractivity contribution in [3.8, 4) is 28.7 Å². The van der Waals surface area contributed by atoms with Crippen molar-refractivity contribution in [2.45, 2.75) is 6.42 Å². The van der Waals surface area contributed by atoms with E-state index >= 15 is 0 Å². The van der Waals surface area contributed by atoms with E-state index in [-0.39, 0.29) is 5.91 Å². The van der Waals surface area contributed by atoms with Crippen LogP contribution in [0.15, 0.2) is 46.9 Å². The molecule has 8 nitrogen and oxygen atoms in total. The maximum absolute atomic E-state index is 12.3.